The summed E-state index contributed by atoms with van der Waals surface area (Å²) in [5.74, 6) is 1.73. The van der Waals surface area contributed by atoms with Gasteiger partial charge in [0.1, 0.15) is 5.76 Å². The summed E-state index contributed by atoms with van der Waals surface area (Å²) in [6, 6.07) is 4.05. The first-order valence-corrected chi connectivity index (χ1v) is 8.54. The van der Waals surface area contributed by atoms with Crippen molar-refractivity contribution in [3.63, 3.8) is 0 Å². The van der Waals surface area contributed by atoms with Crippen LogP contribution in [0.15, 0.2) is 27.8 Å². The average molecular weight is 466 g/mol. The van der Waals surface area contributed by atoms with E-state index < -0.39 is 0 Å². The molecule has 0 aromatic carbocycles. The molecule has 1 heterocycles. The second-order valence-electron chi connectivity index (χ2n) is 7.19. The highest BCUT2D eigenvalue weighted by atomic mass is 127. The van der Waals surface area contributed by atoms with Crippen LogP contribution < -0.4 is 10.6 Å². The van der Waals surface area contributed by atoms with Gasteiger partial charge in [-0.2, -0.15) is 0 Å². The van der Waals surface area contributed by atoms with Gasteiger partial charge in [-0.1, -0.05) is 20.8 Å². The fraction of sp³-hybridized carbons (Fsp3) is 0.722. The summed E-state index contributed by atoms with van der Waals surface area (Å²) in [5.41, 5.74) is 0.0515. The SMILES string of the molecule is CCNC(=NCC(OC)C(C)(C)C)NCC(c1ccco1)N(C)C.I. The monoisotopic (exact) mass is 466 g/mol. The number of ether oxygens (including phenoxy) is 1. The molecule has 1 rings (SSSR count). The van der Waals surface area contributed by atoms with Gasteiger partial charge in [0.15, 0.2) is 5.96 Å². The summed E-state index contributed by atoms with van der Waals surface area (Å²) < 4.78 is 11.1. The number of likely N-dealkylation sites (N-methyl/N-ethyl adjacent to an activating group) is 1. The predicted octanol–water partition coefficient (Wildman–Crippen LogP) is 3.12. The van der Waals surface area contributed by atoms with E-state index in [1.807, 2.05) is 26.2 Å². The number of nitrogens with one attached hydrogen (secondary N) is 2. The van der Waals surface area contributed by atoms with Crippen LogP contribution in [-0.2, 0) is 4.74 Å². The maximum Gasteiger partial charge on any atom is 0.191 e. The first-order valence-electron chi connectivity index (χ1n) is 8.54. The second kappa shape index (κ2) is 11.7. The number of aliphatic imine (C=N–C) groups is 1. The Hall–Kier alpha value is -0.800. The highest BCUT2D eigenvalue weighted by molar-refractivity contribution is 14.0. The number of nitrogens with zero attached hydrogens (tertiary/aromatic N) is 2. The minimum atomic E-state index is 0. The molecule has 2 atom stereocenters. The molecule has 0 saturated carbocycles. The van der Waals surface area contributed by atoms with Crippen molar-refractivity contribution in [1.82, 2.24) is 15.5 Å². The zero-order valence-electron chi connectivity index (χ0n) is 16.6. The highest BCUT2D eigenvalue weighted by Gasteiger charge is 2.24. The van der Waals surface area contributed by atoms with Gasteiger partial charge in [-0.25, -0.2) is 0 Å². The molecule has 25 heavy (non-hydrogen) atoms. The van der Waals surface area contributed by atoms with Gasteiger partial charge >= 0.3 is 0 Å². The van der Waals surface area contributed by atoms with Crippen LogP contribution in [0.1, 0.15) is 39.5 Å². The number of methoxy groups -OCH3 is 1. The van der Waals surface area contributed by atoms with Crippen LogP contribution in [0.2, 0.25) is 0 Å². The molecule has 0 amide bonds. The topological polar surface area (TPSA) is 62.0 Å². The Kier molecular flexibility index (Phi) is 11.4. The third-order valence-electron chi connectivity index (χ3n) is 3.97. The van der Waals surface area contributed by atoms with Crippen LogP contribution in [0.5, 0.6) is 0 Å². The van der Waals surface area contributed by atoms with E-state index in [2.05, 4.69) is 48.2 Å². The Bertz CT molecular complexity index is 484. The van der Waals surface area contributed by atoms with E-state index in [9.17, 15) is 0 Å². The minimum Gasteiger partial charge on any atom is -0.468 e. The van der Waals surface area contributed by atoms with Gasteiger partial charge in [0.2, 0.25) is 0 Å². The number of halogens is 1. The quantitative estimate of drug-likeness (QED) is 0.350. The van der Waals surface area contributed by atoms with E-state index in [0.29, 0.717) is 13.1 Å². The van der Waals surface area contributed by atoms with Gasteiger partial charge in [0.25, 0.3) is 0 Å². The number of hydrogen-bond acceptors (Lipinski definition) is 4. The highest BCUT2D eigenvalue weighted by Crippen LogP contribution is 2.22. The standard InChI is InChI=1S/C18H34N4O2.HI/c1-8-19-17(21-13-16(23-7)18(2,3)4)20-12-14(22(5)6)15-10-9-11-24-15;/h9-11,14,16H,8,12-13H2,1-7H3,(H2,19,20,21);1H. The largest absolute Gasteiger partial charge is 0.468 e. The number of rotatable bonds is 8. The first kappa shape index (κ1) is 24.2. The van der Waals surface area contributed by atoms with E-state index in [-0.39, 0.29) is 41.5 Å². The predicted molar refractivity (Wildman–Crippen MR) is 115 cm³/mol. The molecule has 0 aliphatic heterocycles. The zero-order chi connectivity index (χ0) is 18.2. The van der Waals surface area contributed by atoms with Gasteiger partial charge in [-0.15, -0.1) is 24.0 Å². The molecule has 0 spiro atoms. The molecule has 2 unspecified atom stereocenters. The maximum atomic E-state index is 5.58. The first-order chi connectivity index (χ1) is 11.3. The van der Waals surface area contributed by atoms with E-state index in [1.54, 1.807) is 13.4 Å². The van der Waals surface area contributed by atoms with Crippen LogP contribution in [0.4, 0.5) is 0 Å². The zero-order valence-corrected chi connectivity index (χ0v) is 19.0. The van der Waals surface area contributed by atoms with Crippen LogP contribution >= 0.6 is 24.0 Å². The van der Waals surface area contributed by atoms with Crippen molar-refractivity contribution in [2.45, 2.75) is 39.8 Å². The van der Waals surface area contributed by atoms with Gasteiger partial charge in [-0.05, 0) is 38.6 Å². The van der Waals surface area contributed by atoms with Crippen molar-refractivity contribution in [2.75, 3.05) is 40.8 Å². The Morgan fingerprint density at radius 3 is 2.44 bits per heavy atom. The number of hydrogen-bond donors (Lipinski definition) is 2. The second-order valence-corrected chi connectivity index (χ2v) is 7.19. The smallest absolute Gasteiger partial charge is 0.191 e. The van der Waals surface area contributed by atoms with E-state index in [0.717, 1.165) is 18.3 Å². The molecular formula is C18H35IN4O2. The van der Waals surface area contributed by atoms with Gasteiger partial charge < -0.3 is 19.8 Å². The van der Waals surface area contributed by atoms with Crippen molar-refractivity contribution in [2.24, 2.45) is 10.4 Å². The molecule has 0 fully saturated rings. The molecular weight excluding hydrogens is 431 g/mol. The molecule has 7 heteroatoms. The molecule has 6 nitrogen and oxygen atoms in total. The molecule has 0 aliphatic rings. The fourth-order valence-corrected chi connectivity index (χ4v) is 2.43. The average Bonchev–Trinajstić information content (AvgIpc) is 3.00. The molecule has 0 radical (unpaired) electrons. The minimum absolute atomic E-state index is 0. The summed E-state index contributed by atoms with van der Waals surface area (Å²) in [4.78, 5) is 6.81. The van der Waals surface area contributed by atoms with Gasteiger partial charge in [0, 0.05) is 20.2 Å². The summed E-state index contributed by atoms with van der Waals surface area (Å²) in [6.45, 7) is 10.7. The lowest BCUT2D eigenvalue weighted by Crippen LogP contribution is -2.42. The van der Waals surface area contributed by atoms with Crippen LogP contribution in [0.25, 0.3) is 0 Å². The summed E-state index contributed by atoms with van der Waals surface area (Å²) in [6.07, 6.45) is 1.78. The van der Waals surface area contributed by atoms with Gasteiger partial charge in [0.05, 0.1) is 25.0 Å². The molecule has 0 bridgehead atoms. The lowest BCUT2D eigenvalue weighted by molar-refractivity contribution is 0.0241. The number of furan rings is 1. The van der Waals surface area contributed by atoms with Crippen molar-refractivity contribution in [1.29, 1.82) is 0 Å². The lowest BCUT2D eigenvalue weighted by Gasteiger charge is -2.28. The van der Waals surface area contributed by atoms with E-state index in [4.69, 9.17) is 9.15 Å². The Labute approximate surface area is 169 Å². The third-order valence-corrected chi connectivity index (χ3v) is 3.97. The van der Waals surface area contributed by atoms with Crippen molar-refractivity contribution in [3.05, 3.63) is 24.2 Å². The normalized spacial score (nSPS) is 14.8. The van der Waals surface area contributed by atoms with Crippen molar-refractivity contribution < 1.29 is 9.15 Å². The molecule has 146 valence electrons. The lowest BCUT2D eigenvalue weighted by atomic mass is 9.89. The Morgan fingerprint density at radius 1 is 1.32 bits per heavy atom. The van der Waals surface area contributed by atoms with Crippen molar-refractivity contribution in [3.8, 4) is 0 Å². The fourth-order valence-electron chi connectivity index (χ4n) is 2.43. The molecule has 0 saturated heterocycles. The van der Waals surface area contributed by atoms with Crippen molar-refractivity contribution >= 4 is 29.9 Å². The molecule has 1 aromatic heterocycles. The number of guanidine groups is 1. The van der Waals surface area contributed by atoms with Crippen LogP contribution in [-0.4, -0.2) is 57.8 Å². The molecule has 0 aliphatic carbocycles. The Balaban J connectivity index is 0.00000576. The van der Waals surface area contributed by atoms with Gasteiger partial charge in [-0.3, -0.25) is 9.89 Å². The summed E-state index contributed by atoms with van der Waals surface area (Å²) in [7, 11) is 5.82. The van der Waals surface area contributed by atoms with Crippen LogP contribution in [0.3, 0.4) is 0 Å². The summed E-state index contributed by atoms with van der Waals surface area (Å²) >= 11 is 0. The summed E-state index contributed by atoms with van der Waals surface area (Å²) in [5, 5.41) is 6.69. The van der Waals surface area contributed by atoms with Crippen LogP contribution in [0, 0.1) is 5.41 Å². The third kappa shape index (κ3) is 8.42. The van der Waals surface area contributed by atoms with E-state index >= 15 is 0 Å². The molecule has 2 N–H and O–H groups in total. The molecule has 1 aromatic rings. The maximum absolute atomic E-state index is 5.58. The Morgan fingerprint density at radius 2 is 2.00 bits per heavy atom. The van der Waals surface area contributed by atoms with E-state index in [1.165, 1.54) is 0 Å².